The first-order valence-corrected chi connectivity index (χ1v) is 7.87. The molecule has 102 valence electrons. The minimum atomic E-state index is 0.708. The van der Waals surface area contributed by atoms with E-state index >= 15 is 0 Å². The van der Waals surface area contributed by atoms with Crippen molar-refractivity contribution in [2.75, 3.05) is 13.1 Å². The third kappa shape index (κ3) is 3.42. The summed E-state index contributed by atoms with van der Waals surface area (Å²) in [6.07, 6.45) is 3.92. The van der Waals surface area contributed by atoms with E-state index in [2.05, 4.69) is 22.0 Å². The summed E-state index contributed by atoms with van der Waals surface area (Å²) in [5, 5.41) is 8.13. The van der Waals surface area contributed by atoms with Crippen molar-refractivity contribution >= 4 is 11.3 Å². The Bertz CT molecular complexity index is 505. The molecule has 0 bridgehead atoms. The third-order valence-electron chi connectivity index (χ3n) is 3.36. The molecular weight excluding hydrogens is 258 g/mol. The number of rotatable bonds is 7. The molecule has 2 heterocycles. The fourth-order valence-electron chi connectivity index (χ4n) is 2.24. The summed E-state index contributed by atoms with van der Waals surface area (Å²) in [6, 6.07) is 2.02. The molecule has 2 aromatic heterocycles. The summed E-state index contributed by atoms with van der Waals surface area (Å²) in [6.45, 7) is 5.27. The van der Waals surface area contributed by atoms with E-state index < -0.39 is 0 Å². The summed E-state index contributed by atoms with van der Waals surface area (Å²) < 4.78 is 5.37. The maximum Gasteiger partial charge on any atom is 0.241 e. The first-order valence-electron chi connectivity index (χ1n) is 6.92. The zero-order valence-corrected chi connectivity index (χ0v) is 12.0. The van der Waals surface area contributed by atoms with Crippen LogP contribution in [0.4, 0.5) is 0 Å². The van der Waals surface area contributed by atoms with Gasteiger partial charge in [-0.2, -0.15) is 16.3 Å². The molecule has 0 N–H and O–H groups in total. The van der Waals surface area contributed by atoms with Crippen LogP contribution in [0.25, 0.3) is 11.4 Å². The predicted molar refractivity (Wildman–Crippen MR) is 75.9 cm³/mol. The average molecular weight is 277 g/mol. The van der Waals surface area contributed by atoms with Gasteiger partial charge in [0.2, 0.25) is 11.7 Å². The highest BCUT2D eigenvalue weighted by molar-refractivity contribution is 7.08. The molecule has 1 aliphatic rings. The Labute approximate surface area is 117 Å². The molecule has 1 fully saturated rings. The molecule has 0 aliphatic heterocycles. The molecule has 3 rings (SSSR count). The Morgan fingerprint density at radius 3 is 3.05 bits per heavy atom. The van der Waals surface area contributed by atoms with Crippen LogP contribution in [0.2, 0.25) is 0 Å². The number of hydrogen-bond acceptors (Lipinski definition) is 5. The van der Waals surface area contributed by atoms with Crippen molar-refractivity contribution in [3.63, 3.8) is 0 Å². The van der Waals surface area contributed by atoms with Gasteiger partial charge in [-0.15, -0.1) is 0 Å². The van der Waals surface area contributed by atoms with Crippen molar-refractivity contribution in [1.82, 2.24) is 15.0 Å². The maximum absolute atomic E-state index is 5.37. The minimum absolute atomic E-state index is 0.708. The number of thiophene rings is 1. The highest BCUT2D eigenvalue weighted by Gasteiger charge is 2.25. The van der Waals surface area contributed by atoms with Crippen molar-refractivity contribution in [3.05, 3.63) is 22.7 Å². The molecule has 0 aromatic carbocycles. The molecule has 4 nitrogen and oxygen atoms in total. The Balaban J connectivity index is 1.64. The molecule has 2 aromatic rings. The molecule has 0 saturated heterocycles. The second-order valence-electron chi connectivity index (χ2n) is 5.20. The van der Waals surface area contributed by atoms with E-state index in [4.69, 9.17) is 4.52 Å². The lowest BCUT2D eigenvalue weighted by molar-refractivity contribution is 0.219. The molecule has 0 radical (unpaired) electrons. The summed E-state index contributed by atoms with van der Waals surface area (Å²) >= 11 is 1.65. The van der Waals surface area contributed by atoms with Crippen molar-refractivity contribution in [2.45, 2.75) is 32.7 Å². The summed E-state index contributed by atoms with van der Waals surface area (Å²) in [5.41, 5.74) is 1.05. The van der Waals surface area contributed by atoms with E-state index in [1.807, 2.05) is 16.8 Å². The molecular formula is C14H19N3OS. The second-order valence-corrected chi connectivity index (χ2v) is 5.98. The monoisotopic (exact) mass is 277 g/mol. The molecule has 0 amide bonds. The topological polar surface area (TPSA) is 42.2 Å². The summed E-state index contributed by atoms with van der Waals surface area (Å²) in [5.74, 6) is 2.33. The first kappa shape index (κ1) is 12.8. The number of hydrogen-bond donors (Lipinski definition) is 0. The lowest BCUT2D eigenvalue weighted by Gasteiger charge is -2.18. The summed E-state index contributed by atoms with van der Waals surface area (Å²) in [4.78, 5) is 6.92. The van der Waals surface area contributed by atoms with Crippen molar-refractivity contribution in [2.24, 2.45) is 5.92 Å². The third-order valence-corrected chi connectivity index (χ3v) is 4.04. The quantitative estimate of drug-likeness (QED) is 0.777. The van der Waals surface area contributed by atoms with Crippen molar-refractivity contribution in [1.29, 1.82) is 0 Å². The van der Waals surface area contributed by atoms with Crippen LogP contribution in [0.1, 0.15) is 32.1 Å². The highest BCUT2D eigenvalue weighted by atomic mass is 32.1. The van der Waals surface area contributed by atoms with Gasteiger partial charge in [0.25, 0.3) is 0 Å². The number of nitrogens with zero attached hydrogens (tertiary/aromatic N) is 3. The van der Waals surface area contributed by atoms with Crippen LogP contribution in [0.5, 0.6) is 0 Å². The van der Waals surface area contributed by atoms with Crippen LogP contribution >= 0.6 is 11.3 Å². The van der Waals surface area contributed by atoms with E-state index in [1.54, 1.807) is 11.3 Å². The normalized spacial score (nSPS) is 15.3. The number of aromatic nitrogens is 2. The fourth-order valence-corrected chi connectivity index (χ4v) is 2.87. The zero-order chi connectivity index (χ0) is 13.1. The van der Waals surface area contributed by atoms with Gasteiger partial charge in [-0.1, -0.05) is 12.1 Å². The lowest BCUT2D eigenvalue weighted by atomic mass is 10.3. The van der Waals surface area contributed by atoms with E-state index in [-0.39, 0.29) is 0 Å². The Hall–Kier alpha value is -1.20. The van der Waals surface area contributed by atoms with Gasteiger partial charge in [-0.05, 0) is 43.2 Å². The van der Waals surface area contributed by atoms with Crippen molar-refractivity contribution in [3.8, 4) is 11.4 Å². The van der Waals surface area contributed by atoms with Gasteiger partial charge in [0, 0.05) is 17.5 Å². The highest BCUT2D eigenvalue weighted by Crippen LogP contribution is 2.30. The predicted octanol–water partition coefficient (Wildman–Crippen LogP) is 3.42. The average Bonchev–Trinajstić information content (AvgIpc) is 2.91. The first-order chi connectivity index (χ1) is 9.35. The van der Waals surface area contributed by atoms with Crippen molar-refractivity contribution < 1.29 is 4.52 Å². The fraction of sp³-hybridized carbons (Fsp3) is 0.571. The molecule has 0 spiro atoms. The van der Waals surface area contributed by atoms with Crippen LogP contribution in [0, 0.1) is 5.92 Å². The molecule has 0 unspecified atom stereocenters. The summed E-state index contributed by atoms with van der Waals surface area (Å²) in [7, 11) is 0. The lowest BCUT2D eigenvalue weighted by Crippen LogP contribution is -2.26. The van der Waals surface area contributed by atoms with Crippen LogP contribution in [-0.2, 0) is 6.54 Å². The Morgan fingerprint density at radius 1 is 1.47 bits per heavy atom. The molecule has 5 heteroatoms. The Kier molecular flexibility index (Phi) is 3.94. The second kappa shape index (κ2) is 5.84. The van der Waals surface area contributed by atoms with Gasteiger partial charge in [0.05, 0.1) is 6.54 Å². The van der Waals surface area contributed by atoms with Crippen LogP contribution in [-0.4, -0.2) is 28.1 Å². The smallest absolute Gasteiger partial charge is 0.241 e. The zero-order valence-electron chi connectivity index (χ0n) is 11.2. The Morgan fingerprint density at radius 2 is 2.37 bits per heavy atom. The molecule has 1 aliphatic carbocycles. The van der Waals surface area contributed by atoms with Gasteiger partial charge < -0.3 is 4.52 Å². The van der Waals surface area contributed by atoms with Gasteiger partial charge in [-0.25, -0.2) is 0 Å². The van der Waals surface area contributed by atoms with Gasteiger partial charge in [0.15, 0.2) is 0 Å². The van der Waals surface area contributed by atoms with Crippen LogP contribution in [0.3, 0.4) is 0 Å². The van der Waals surface area contributed by atoms with E-state index in [0.29, 0.717) is 5.82 Å². The SMILES string of the molecule is CCCN(Cc1nc(-c2ccsc2)no1)CC1CC1. The van der Waals surface area contributed by atoms with Crippen LogP contribution < -0.4 is 0 Å². The van der Waals surface area contributed by atoms with Crippen LogP contribution in [0.15, 0.2) is 21.3 Å². The van der Waals surface area contributed by atoms with Gasteiger partial charge in [0.1, 0.15) is 0 Å². The molecule has 0 atom stereocenters. The van der Waals surface area contributed by atoms with Gasteiger partial charge >= 0.3 is 0 Å². The molecule has 19 heavy (non-hydrogen) atoms. The van der Waals surface area contributed by atoms with E-state index in [0.717, 1.165) is 36.9 Å². The minimum Gasteiger partial charge on any atom is -0.338 e. The standard InChI is InChI=1S/C14H19N3OS/c1-2-6-17(8-11-3-4-11)9-13-15-14(16-18-13)12-5-7-19-10-12/h5,7,10-11H,2-4,6,8-9H2,1H3. The maximum atomic E-state index is 5.37. The van der Waals surface area contributed by atoms with E-state index in [9.17, 15) is 0 Å². The van der Waals surface area contributed by atoms with E-state index in [1.165, 1.54) is 19.4 Å². The largest absolute Gasteiger partial charge is 0.338 e. The van der Waals surface area contributed by atoms with Gasteiger partial charge in [-0.3, -0.25) is 4.90 Å². The molecule has 1 saturated carbocycles.